The molecule has 0 unspecified atom stereocenters. The molecular formula is C20H18OS2. The molecule has 23 heavy (non-hydrogen) atoms. The molecule has 0 aliphatic rings. The van der Waals surface area contributed by atoms with E-state index in [0.29, 0.717) is 5.56 Å². The second kappa shape index (κ2) is 9.23. The summed E-state index contributed by atoms with van der Waals surface area (Å²) in [5.74, 6) is 0. The lowest BCUT2D eigenvalue weighted by Crippen LogP contribution is -1.86. The fourth-order valence-corrected chi connectivity index (χ4v) is 2.82. The van der Waals surface area contributed by atoms with Crippen molar-refractivity contribution in [3.05, 3.63) is 96.1 Å². The number of hydrogen-bond donors (Lipinski definition) is 1. The van der Waals surface area contributed by atoms with Gasteiger partial charge in [0.15, 0.2) is 0 Å². The van der Waals surface area contributed by atoms with Crippen molar-refractivity contribution in [2.45, 2.75) is 16.7 Å². The SMILES string of the molecule is Cc1ccc(C(=O)S)cc1.c1ccc(Sc2ccccc2)cc1. The van der Waals surface area contributed by atoms with Crippen LogP contribution in [0.4, 0.5) is 0 Å². The minimum atomic E-state index is -0.181. The second-order valence-electron chi connectivity index (χ2n) is 4.90. The van der Waals surface area contributed by atoms with Gasteiger partial charge in [0, 0.05) is 15.4 Å². The van der Waals surface area contributed by atoms with Gasteiger partial charge in [0.25, 0.3) is 0 Å². The molecule has 0 aliphatic heterocycles. The van der Waals surface area contributed by atoms with E-state index in [9.17, 15) is 4.79 Å². The molecule has 3 rings (SSSR count). The molecule has 0 aliphatic carbocycles. The molecule has 0 spiro atoms. The Balaban J connectivity index is 0.000000174. The van der Waals surface area contributed by atoms with Crippen LogP contribution in [0.5, 0.6) is 0 Å². The van der Waals surface area contributed by atoms with Crippen molar-refractivity contribution in [1.82, 2.24) is 0 Å². The summed E-state index contributed by atoms with van der Waals surface area (Å²) >= 11 is 5.47. The molecule has 0 fully saturated rings. The number of hydrogen-bond acceptors (Lipinski definition) is 2. The summed E-state index contributed by atoms with van der Waals surface area (Å²) in [5, 5.41) is -0.181. The van der Waals surface area contributed by atoms with Crippen molar-refractivity contribution in [1.29, 1.82) is 0 Å². The highest BCUT2D eigenvalue weighted by Crippen LogP contribution is 2.26. The number of aryl methyl sites for hydroxylation is 1. The van der Waals surface area contributed by atoms with E-state index >= 15 is 0 Å². The number of carbonyl (C=O) groups excluding carboxylic acids is 1. The Morgan fingerprint density at radius 3 is 1.57 bits per heavy atom. The zero-order valence-corrected chi connectivity index (χ0v) is 14.6. The van der Waals surface area contributed by atoms with Crippen LogP contribution in [0.3, 0.4) is 0 Å². The number of rotatable bonds is 3. The molecule has 116 valence electrons. The van der Waals surface area contributed by atoms with Crippen LogP contribution < -0.4 is 0 Å². The maximum atomic E-state index is 10.6. The van der Waals surface area contributed by atoms with Crippen molar-refractivity contribution in [3.63, 3.8) is 0 Å². The highest BCUT2D eigenvalue weighted by atomic mass is 32.2. The average Bonchev–Trinajstić information content (AvgIpc) is 2.58. The molecule has 0 saturated heterocycles. The summed E-state index contributed by atoms with van der Waals surface area (Å²) < 4.78 is 0. The van der Waals surface area contributed by atoms with E-state index in [2.05, 4.69) is 61.2 Å². The quantitative estimate of drug-likeness (QED) is 0.599. The van der Waals surface area contributed by atoms with Crippen LogP contribution in [0.15, 0.2) is 94.7 Å². The Labute approximate surface area is 147 Å². The Kier molecular flexibility index (Phi) is 6.98. The van der Waals surface area contributed by atoms with Crippen LogP contribution in [0.2, 0.25) is 0 Å². The fraction of sp³-hybridized carbons (Fsp3) is 0.0500. The van der Waals surface area contributed by atoms with Crippen LogP contribution in [0.1, 0.15) is 15.9 Å². The zero-order valence-electron chi connectivity index (χ0n) is 12.8. The zero-order chi connectivity index (χ0) is 16.5. The molecular weight excluding hydrogens is 320 g/mol. The Morgan fingerprint density at radius 2 is 1.17 bits per heavy atom. The topological polar surface area (TPSA) is 17.1 Å². The smallest absolute Gasteiger partial charge is 0.216 e. The lowest BCUT2D eigenvalue weighted by molar-refractivity contribution is 0.109. The van der Waals surface area contributed by atoms with E-state index in [1.165, 1.54) is 9.79 Å². The molecule has 0 amide bonds. The number of carbonyl (C=O) groups is 1. The first kappa shape index (κ1) is 17.4. The lowest BCUT2D eigenvalue weighted by Gasteiger charge is -1.99. The number of benzene rings is 3. The highest BCUT2D eigenvalue weighted by Gasteiger charge is 1.96. The van der Waals surface area contributed by atoms with E-state index in [0.717, 1.165) is 5.56 Å². The van der Waals surface area contributed by atoms with Crippen molar-refractivity contribution < 1.29 is 4.79 Å². The molecule has 0 heterocycles. The Hall–Kier alpha value is -1.97. The molecule has 0 aromatic heterocycles. The molecule has 0 radical (unpaired) electrons. The van der Waals surface area contributed by atoms with Crippen molar-refractivity contribution >= 4 is 29.5 Å². The van der Waals surface area contributed by atoms with Crippen LogP contribution in [-0.2, 0) is 0 Å². The van der Waals surface area contributed by atoms with Gasteiger partial charge < -0.3 is 0 Å². The average molecular weight is 338 g/mol. The van der Waals surface area contributed by atoms with Crippen LogP contribution in [0.25, 0.3) is 0 Å². The van der Waals surface area contributed by atoms with Crippen molar-refractivity contribution in [2.24, 2.45) is 0 Å². The standard InChI is InChI=1S/C12H10S.C8H8OS/c1-3-7-11(8-4-1)13-12-9-5-2-6-10-12;1-6-2-4-7(5-3-6)8(9)10/h1-10H;2-5H,1H3,(H,9,10). The summed E-state index contributed by atoms with van der Waals surface area (Å²) in [4.78, 5) is 13.2. The summed E-state index contributed by atoms with van der Waals surface area (Å²) in [7, 11) is 0. The van der Waals surface area contributed by atoms with Gasteiger partial charge in [-0.2, -0.15) is 0 Å². The fourth-order valence-electron chi connectivity index (χ4n) is 1.81. The molecule has 3 aromatic rings. The predicted molar refractivity (Wildman–Crippen MR) is 102 cm³/mol. The first-order valence-corrected chi connectivity index (χ1v) is 8.49. The largest absolute Gasteiger partial charge is 0.282 e. The van der Waals surface area contributed by atoms with E-state index in [4.69, 9.17) is 0 Å². The normalized spacial score (nSPS) is 9.65. The minimum Gasteiger partial charge on any atom is -0.282 e. The molecule has 3 heteroatoms. The summed E-state index contributed by atoms with van der Waals surface area (Å²) in [6.07, 6.45) is 0. The minimum absolute atomic E-state index is 0.181. The van der Waals surface area contributed by atoms with Gasteiger partial charge in [-0.1, -0.05) is 78.0 Å². The first-order chi connectivity index (χ1) is 11.1. The van der Waals surface area contributed by atoms with Gasteiger partial charge in [-0.05, 0) is 31.2 Å². The van der Waals surface area contributed by atoms with Gasteiger partial charge in [-0.15, -0.1) is 12.6 Å². The molecule has 0 saturated carbocycles. The van der Waals surface area contributed by atoms with Crippen LogP contribution in [0, 0.1) is 6.92 Å². The van der Waals surface area contributed by atoms with E-state index in [1.807, 2.05) is 31.2 Å². The first-order valence-electron chi connectivity index (χ1n) is 7.23. The van der Waals surface area contributed by atoms with E-state index in [-0.39, 0.29) is 5.12 Å². The van der Waals surface area contributed by atoms with Gasteiger partial charge in [-0.25, -0.2) is 0 Å². The van der Waals surface area contributed by atoms with Gasteiger partial charge >= 0.3 is 0 Å². The molecule has 1 nitrogen and oxygen atoms in total. The lowest BCUT2D eigenvalue weighted by atomic mass is 10.2. The predicted octanol–water partition coefficient (Wildman–Crippen LogP) is 5.90. The third-order valence-electron chi connectivity index (χ3n) is 3.02. The molecule has 3 aromatic carbocycles. The molecule has 0 atom stereocenters. The van der Waals surface area contributed by atoms with Crippen LogP contribution in [-0.4, -0.2) is 5.12 Å². The molecule has 0 bridgehead atoms. The monoisotopic (exact) mass is 338 g/mol. The maximum absolute atomic E-state index is 10.6. The maximum Gasteiger partial charge on any atom is 0.216 e. The Morgan fingerprint density at radius 1 is 0.739 bits per heavy atom. The van der Waals surface area contributed by atoms with Crippen molar-refractivity contribution in [3.8, 4) is 0 Å². The second-order valence-corrected chi connectivity index (χ2v) is 6.45. The summed E-state index contributed by atoms with van der Waals surface area (Å²) in [6.45, 7) is 1.98. The number of thiol groups is 1. The summed E-state index contributed by atoms with van der Waals surface area (Å²) in [6, 6.07) is 28.1. The van der Waals surface area contributed by atoms with Crippen LogP contribution >= 0.6 is 24.4 Å². The Bertz CT molecular complexity index is 685. The highest BCUT2D eigenvalue weighted by molar-refractivity contribution is 7.99. The van der Waals surface area contributed by atoms with E-state index < -0.39 is 0 Å². The third kappa shape index (κ3) is 6.35. The summed E-state index contributed by atoms with van der Waals surface area (Å²) in [5.41, 5.74) is 1.80. The van der Waals surface area contributed by atoms with Gasteiger partial charge in [-0.3, -0.25) is 4.79 Å². The van der Waals surface area contributed by atoms with Gasteiger partial charge in [0.2, 0.25) is 5.12 Å². The van der Waals surface area contributed by atoms with E-state index in [1.54, 1.807) is 23.9 Å². The third-order valence-corrected chi connectivity index (χ3v) is 4.29. The van der Waals surface area contributed by atoms with Gasteiger partial charge in [0.05, 0.1) is 0 Å². The van der Waals surface area contributed by atoms with Crippen molar-refractivity contribution in [2.75, 3.05) is 0 Å². The molecule has 0 N–H and O–H groups in total. The van der Waals surface area contributed by atoms with Gasteiger partial charge in [0.1, 0.15) is 0 Å².